The van der Waals surface area contributed by atoms with E-state index >= 15 is 0 Å². The van der Waals surface area contributed by atoms with E-state index in [1.54, 1.807) is 6.92 Å². The fourth-order valence-corrected chi connectivity index (χ4v) is 2.39. The number of halogens is 1. The monoisotopic (exact) mass is 283 g/mol. The van der Waals surface area contributed by atoms with E-state index in [4.69, 9.17) is 10.5 Å². The molecule has 0 bridgehead atoms. The minimum atomic E-state index is -1.63. The topological polar surface area (TPSA) is 119 Å². The summed E-state index contributed by atoms with van der Waals surface area (Å²) < 4.78 is 20.9. The standard InChI is InChI=1S/C11H14FN5O3/c1-2-4-7(18)5(12)10(20-4)17-3-14-6-8(17)15-11(13)16-9(6)19/h3-5,7,10,18H,2H2,1H3,(H3,13,15,16,19)/t4-,5-,7-,10-/m1/s1. The molecule has 0 unspecified atom stereocenters. The first-order valence-corrected chi connectivity index (χ1v) is 6.22. The van der Waals surface area contributed by atoms with Crippen LogP contribution in [0.4, 0.5) is 10.3 Å². The second-order valence-corrected chi connectivity index (χ2v) is 4.68. The number of H-pyrrole nitrogens is 1. The predicted octanol–water partition coefficient (Wildman–Crippen LogP) is -0.292. The molecule has 108 valence electrons. The lowest BCUT2D eigenvalue weighted by atomic mass is 10.1. The van der Waals surface area contributed by atoms with E-state index in [-0.39, 0.29) is 17.1 Å². The van der Waals surface area contributed by atoms with Crippen molar-refractivity contribution in [3.63, 3.8) is 0 Å². The number of hydrogen-bond acceptors (Lipinski definition) is 6. The van der Waals surface area contributed by atoms with E-state index in [2.05, 4.69) is 15.0 Å². The van der Waals surface area contributed by atoms with Crippen LogP contribution in [0.2, 0.25) is 0 Å². The molecular weight excluding hydrogens is 269 g/mol. The number of anilines is 1. The summed E-state index contributed by atoms with van der Waals surface area (Å²) in [5.74, 6) is -0.0924. The second-order valence-electron chi connectivity index (χ2n) is 4.68. The van der Waals surface area contributed by atoms with Gasteiger partial charge in [-0.25, -0.2) is 9.37 Å². The highest BCUT2D eigenvalue weighted by Crippen LogP contribution is 2.34. The van der Waals surface area contributed by atoms with Gasteiger partial charge in [0.15, 0.2) is 23.6 Å². The Morgan fingerprint density at radius 1 is 1.65 bits per heavy atom. The molecule has 1 aliphatic rings. The Morgan fingerprint density at radius 3 is 3.05 bits per heavy atom. The molecule has 0 spiro atoms. The van der Waals surface area contributed by atoms with Gasteiger partial charge in [-0.3, -0.25) is 14.3 Å². The molecule has 0 amide bonds. The number of nitrogens with zero attached hydrogens (tertiary/aromatic N) is 3. The Bertz CT molecular complexity index is 699. The SMILES string of the molecule is CC[C@H]1O[C@@H](n2cnc3c(=O)[nH]c(N)nc32)[C@H](F)[C@@H]1O. The van der Waals surface area contributed by atoms with Crippen molar-refractivity contribution in [3.8, 4) is 0 Å². The lowest BCUT2D eigenvalue weighted by molar-refractivity contribution is -0.0238. The molecule has 3 heterocycles. The highest BCUT2D eigenvalue weighted by molar-refractivity contribution is 5.70. The maximum atomic E-state index is 14.1. The third kappa shape index (κ3) is 1.78. The number of fused-ring (bicyclic) bond motifs is 1. The first-order valence-electron chi connectivity index (χ1n) is 6.22. The van der Waals surface area contributed by atoms with Crippen LogP contribution < -0.4 is 11.3 Å². The third-order valence-electron chi connectivity index (χ3n) is 3.42. The van der Waals surface area contributed by atoms with Crippen molar-refractivity contribution in [2.45, 2.75) is 38.0 Å². The van der Waals surface area contributed by atoms with Crippen molar-refractivity contribution < 1.29 is 14.2 Å². The van der Waals surface area contributed by atoms with E-state index < -0.39 is 30.2 Å². The number of hydrogen-bond donors (Lipinski definition) is 3. The second kappa shape index (κ2) is 4.53. The molecule has 9 heteroatoms. The number of rotatable bonds is 2. The number of nitrogens with two attached hydrogens (primary N) is 1. The molecular formula is C11H14FN5O3. The van der Waals surface area contributed by atoms with Gasteiger partial charge in [-0.2, -0.15) is 4.98 Å². The Morgan fingerprint density at radius 2 is 2.40 bits per heavy atom. The van der Waals surface area contributed by atoms with Crippen LogP contribution in [0.1, 0.15) is 19.6 Å². The van der Waals surface area contributed by atoms with Gasteiger partial charge in [0, 0.05) is 0 Å². The number of aliphatic hydroxyl groups is 1. The molecule has 0 saturated carbocycles. The van der Waals surface area contributed by atoms with Gasteiger partial charge in [0.05, 0.1) is 12.4 Å². The van der Waals surface area contributed by atoms with Crippen LogP contribution in [-0.2, 0) is 4.74 Å². The van der Waals surface area contributed by atoms with Crippen LogP contribution in [-0.4, -0.2) is 43.0 Å². The zero-order valence-corrected chi connectivity index (χ0v) is 10.7. The molecule has 2 aromatic rings. The van der Waals surface area contributed by atoms with Crippen molar-refractivity contribution in [2.75, 3.05) is 5.73 Å². The number of aromatic nitrogens is 4. The minimum absolute atomic E-state index is 0.0458. The molecule has 0 aromatic carbocycles. The number of alkyl halides is 1. The molecule has 0 aliphatic carbocycles. The summed E-state index contributed by atoms with van der Waals surface area (Å²) in [5.41, 5.74) is 5.14. The van der Waals surface area contributed by atoms with Gasteiger partial charge in [-0.05, 0) is 6.42 Å². The van der Waals surface area contributed by atoms with Crippen LogP contribution in [0.15, 0.2) is 11.1 Å². The number of imidazole rings is 1. The minimum Gasteiger partial charge on any atom is -0.387 e. The lowest BCUT2D eigenvalue weighted by Crippen LogP contribution is -2.28. The van der Waals surface area contributed by atoms with Crippen LogP contribution in [0, 0.1) is 0 Å². The number of nitrogen functional groups attached to an aromatic ring is 1. The molecule has 3 rings (SSSR count). The third-order valence-corrected chi connectivity index (χ3v) is 3.42. The maximum absolute atomic E-state index is 14.1. The van der Waals surface area contributed by atoms with Gasteiger partial charge < -0.3 is 15.6 Å². The summed E-state index contributed by atoms with van der Waals surface area (Å²) in [6.07, 6.45) is -2.79. The average molecular weight is 283 g/mol. The summed E-state index contributed by atoms with van der Waals surface area (Å²) in [6.45, 7) is 1.79. The van der Waals surface area contributed by atoms with Crippen molar-refractivity contribution in [1.82, 2.24) is 19.5 Å². The summed E-state index contributed by atoms with van der Waals surface area (Å²) in [4.78, 5) is 21.8. The highest BCUT2D eigenvalue weighted by Gasteiger charge is 2.44. The smallest absolute Gasteiger partial charge is 0.280 e. The molecule has 2 aromatic heterocycles. The van der Waals surface area contributed by atoms with E-state index in [0.29, 0.717) is 6.42 Å². The average Bonchev–Trinajstić information content (AvgIpc) is 2.93. The molecule has 8 nitrogen and oxygen atoms in total. The van der Waals surface area contributed by atoms with Crippen LogP contribution in [0.3, 0.4) is 0 Å². The number of nitrogens with one attached hydrogen (secondary N) is 1. The quantitative estimate of drug-likeness (QED) is 0.696. The van der Waals surface area contributed by atoms with Gasteiger partial charge in [0.25, 0.3) is 5.56 Å². The summed E-state index contributed by atoms with van der Waals surface area (Å²) in [6, 6.07) is 0. The Hall–Kier alpha value is -2.00. The van der Waals surface area contributed by atoms with Crippen molar-refractivity contribution in [1.29, 1.82) is 0 Å². The Balaban J connectivity index is 2.09. The van der Waals surface area contributed by atoms with Crippen molar-refractivity contribution >= 4 is 17.1 Å². The largest absolute Gasteiger partial charge is 0.387 e. The number of ether oxygens (including phenoxy) is 1. The van der Waals surface area contributed by atoms with E-state index in [9.17, 15) is 14.3 Å². The maximum Gasteiger partial charge on any atom is 0.280 e. The molecule has 4 N–H and O–H groups in total. The zero-order valence-electron chi connectivity index (χ0n) is 10.7. The molecule has 1 fully saturated rings. The molecule has 0 radical (unpaired) electrons. The first-order chi connectivity index (χ1) is 9.52. The number of aromatic amines is 1. The normalized spacial score (nSPS) is 30.1. The fraction of sp³-hybridized carbons (Fsp3) is 0.545. The van der Waals surface area contributed by atoms with Gasteiger partial charge in [-0.1, -0.05) is 6.92 Å². The fourth-order valence-electron chi connectivity index (χ4n) is 2.39. The van der Waals surface area contributed by atoms with Gasteiger partial charge in [0.1, 0.15) is 6.10 Å². The summed E-state index contributed by atoms with van der Waals surface area (Å²) >= 11 is 0. The Labute approximate surface area is 112 Å². The molecule has 20 heavy (non-hydrogen) atoms. The van der Waals surface area contributed by atoms with Gasteiger partial charge in [0.2, 0.25) is 5.95 Å². The van der Waals surface area contributed by atoms with Crippen LogP contribution in [0.25, 0.3) is 11.2 Å². The molecule has 1 aliphatic heterocycles. The lowest BCUT2D eigenvalue weighted by Gasteiger charge is -2.14. The zero-order chi connectivity index (χ0) is 14.4. The van der Waals surface area contributed by atoms with Crippen molar-refractivity contribution in [2.24, 2.45) is 0 Å². The van der Waals surface area contributed by atoms with E-state index in [0.717, 1.165) is 0 Å². The summed E-state index contributed by atoms with van der Waals surface area (Å²) in [5, 5.41) is 9.76. The number of aliphatic hydroxyl groups excluding tert-OH is 1. The first kappa shape index (κ1) is 13.0. The predicted molar refractivity (Wildman–Crippen MR) is 67.7 cm³/mol. The Kier molecular flexibility index (Phi) is 2.94. The van der Waals surface area contributed by atoms with Gasteiger partial charge in [-0.15, -0.1) is 0 Å². The molecule has 1 saturated heterocycles. The highest BCUT2D eigenvalue weighted by atomic mass is 19.1. The van der Waals surface area contributed by atoms with Crippen molar-refractivity contribution in [3.05, 3.63) is 16.7 Å². The van der Waals surface area contributed by atoms with Crippen LogP contribution >= 0.6 is 0 Å². The van der Waals surface area contributed by atoms with E-state index in [1.165, 1.54) is 10.9 Å². The van der Waals surface area contributed by atoms with Gasteiger partial charge >= 0.3 is 0 Å². The summed E-state index contributed by atoms with van der Waals surface area (Å²) in [7, 11) is 0. The van der Waals surface area contributed by atoms with Crippen LogP contribution in [0.5, 0.6) is 0 Å². The van der Waals surface area contributed by atoms with E-state index in [1.807, 2.05) is 0 Å². The molecule has 4 atom stereocenters.